The Morgan fingerprint density at radius 1 is 1.47 bits per heavy atom. The van der Waals surface area contributed by atoms with E-state index in [0.717, 1.165) is 31.3 Å². The van der Waals surface area contributed by atoms with Crippen LogP contribution < -0.4 is 0 Å². The van der Waals surface area contributed by atoms with E-state index in [2.05, 4.69) is 4.85 Å². The number of hydrogen-bond donors (Lipinski definition) is 0. The molecule has 0 N–H and O–H groups in total. The first kappa shape index (κ1) is 11.6. The van der Waals surface area contributed by atoms with Crippen molar-refractivity contribution >= 4 is 5.78 Å². The molecular formula is C14H14N2O. The van der Waals surface area contributed by atoms with Crippen LogP contribution in [0.25, 0.3) is 4.85 Å². The summed E-state index contributed by atoms with van der Waals surface area (Å²) in [6.45, 7) is 8.88. The Morgan fingerprint density at radius 2 is 2.12 bits per heavy atom. The average molecular weight is 226 g/mol. The zero-order chi connectivity index (χ0) is 12.4. The standard InChI is InChI=1S/C14H14N2O/c1-3-9-13(12(8-15)16-2)10-6-4-5-7-11(10)14(9)17/h3,10-11H,4-7H2,1H3/b9-3+,13-12-. The SMILES string of the molecule is [C-]#[N+]/C(C#N)=C1/C(=C\C)C(=O)C2CCCCC12. The Kier molecular flexibility index (Phi) is 3.11. The molecule has 0 bridgehead atoms. The van der Waals surface area contributed by atoms with Gasteiger partial charge in [0, 0.05) is 11.5 Å². The smallest absolute Gasteiger partial charge is 0.266 e. The fourth-order valence-electron chi connectivity index (χ4n) is 3.07. The fraction of sp³-hybridized carbons (Fsp3) is 0.500. The second-order valence-corrected chi connectivity index (χ2v) is 4.55. The van der Waals surface area contributed by atoms with Crippen molar-refractivity contribution in [3.8, 4) is 6.07 Å². The summed E-state index contributed by atoms with van der Waals surface area (Å²) in [5.41, 5.74) is 1.45. The third kappa shape index (κ3) is 1.68. The van der Waals surface area contributed by atoms with Crippen molar-refractivity contribution in [2.45, 2.75) is 32.6 Å². The molecule has 3 nitrogen and oxygen atoms in total. The fourth-order valence-corrected chi connectivity index (χ4v) is 3.07. The minimum absolute atomic E-state index is 0.0232. The van der Waals surface area contributed by atoms with Crippen LogP contribution in [0.2, 0.25) is 0 Å². The van der Waals surface area contributed by atoms with Crippen LogP contribution >= 0.6 is 0 Å². The maximum absolute atomic E-state index is 12.2. The first-order valence-corrected chi connectivity index (χ1v) is 5.97. The molecular weight excluding hydrogens is 212 g/mol. The van der Waals surface area contributed by atoms with Gasteiger partial charge in [-0.3, -0.25) is 4.79 Å². The molecule has 0 saturated heterocycles. The summed E-state index contributed by atoms with van der Waals surface area (Å²) in [6.07, 6.45) is 5.77. The summed E-state index contributed by atoms with van der Waals surface area (Å²) in [5, 5.41) is 9.02. The molecule has 0 aliphatic heterocycles. The number of nitrogens with zero attached hydrogens (tertiary/aromatic N) is 2. The van der Waals surface area contributed by atoms with Crippen molar-refractivity contribution in [1.29, 1.82) is 5.26 Å². The van der Waals surface area contributed by atoms with Crippen molar-refractivity contribution < 1.29 is 4.79 Å². The molecule has 86 valence electrons. The third-order valence-electron chi connectivity index (χ3n) is 3.79. The van der Waals surface area contributed by atoms with E-state index in [-0.39, 0.29) is 23.3 Å². The summed E-state index contributed by atoms with van der Waals surface area (Å²) in [7, 11) is 0. The Hall–Kier alpha value is -1.87. The van der Waals surface area contributed by atoms with Gasteiger partial charge in [-0.05, 0) is 31.3 Å². The highest BCUT2D eigenvalue weighted by atomic mass is 16.1. The second-order valence-electron chi connectivity index (χ2n) is 4.55. The van der Waals surface area contributed by atoms with E-state index in [1.807, 2.05) is 13.0 Å². The molecule has 2 unspecified atom stereocenters. The summed E-state index contributed by atoms with van der Waals surface area (Å²) in [5.74, 6) is 0.282. The van der Waals surface area contributed by atoms with Gasteiger partial charge in [0.1, 0.15) is 0 Å². The number of carbonyl (C=O) groups excluding carboxylic acids is 1. The van der Waals surface area contributed by atoms with Crippen LogP contribution in [0.4, 0.5) is 0 Å². The van der Waals surface area contributed by atoms with Gasteiger partial charge in [0.25, 0.3) is 5.70 Å². The number of nitriles is 1. The zero-order valence-electron chi connectivity index (χ0n) is 9.86. The molecule has 0 aromatic rings. The molecule has 0 amide bonds. The number of rotatable bonds is 0. The van der Waals surface area contributed by atoms with Crippen molar-refractivity contribution in [1.82, 2.24) is 0 Å². The maximum Gasteiger partial charge on any atom is 0.266 e. The average Bonchev–Trinajstić information content (AvgIpc) is 2.65. The van der Waals surface area contributed by atoms with Crippen LogP contribution in [0.5, 0.6) is 0 Å². The highest BCUT2D eigenvalue weighted by Crippen LogP contribution is 2.47. The predicted molar refractivity (Wildman–Crippen MR) is 63.5 cm³/mol. The second kappa shape index (κ2) is 4.55. The first-order valence-electron chi connectivity index (χ1n) is 5.97. The number of ketones is 1. The summed E-state index contributed by atoms with van der Waals surface area (Å²) < 4.78 is 0. The third-order valence-corrected chi connectivity index (χ3v) is 3.79. The Morgan fingerprint density at radius 3 is 2.65 bits per heavy atom. The monoisotopic (exact) mass is 226 g/mol. The van der Waals surface area contributed by atoms with Crippen LogP contribution in [0.3, 0.4) is 0 Å². The van der Waals surface area contributed by atoms with Gasteiger partial charge in [-0.25, -0.2) is 10.1 Å². The molecule has 0 heterocycles. The van der Waals surface area contributed by atoms with Gasteiger partial charge in [0.15, 0.2) is 5.78 Å². The van der Waals surface area contributed by atoms with Gasteiger partial charge < -0.3 is 0 Å². The lowest BCUT2D eigenvalue weighted by Gasteiger charge is -2.24. The summed E-state index contributed by atoms with van der Waals surface area (Å²) >= 11 is 0. The molecule has 0 aromatic carbocycles. The van der Waals surface area contributed by atoms with Gasteiger partial charge in [-0.2, -0.15) is 0 Å². The van der Waals surface area contributed by atoms with E-state index in [0.29, 0.717) is 5.57 Å². The van der Waals surface area contributed by atoms with Crippen molar-refractivity contribution in [2.24, 2.45) is 11.8 Å². The lowest BCUT2D eigenvalue weighted by atomic mass is 9.79. The maximum atomic E-state index is 12.2. The number of Topliss-reactive ketones (excluding diaryl/α,β-unsaturated/α-hetero) is 1. The van der Waals surface area contributed by atoms with E-state index < -0.39 is 0 Å². The van der Waals surface area contributed by atoms with Crippen molar-refractivity contribution in [2.75, 3.05) is 0 Å². The molecule has 3 heteroatoms. The molecule has 17 heavy (non-hydrogen) atoms. The molecule has 2 atom stereocenters. The van der Waals surface area contributed by atoms with Gasteiger partial charge >= 0.3 is 0 Å². The van der Waals surface area contributed by atoms with E-state index in [9.17, 15) is 4.79 Å². The van der Waals surface area contributed by atoms with Gasteiger partial charge in [-0.1, -0.05) is 18.9 Å². The molecule has 2 aliphatic carbocycles. The Bertz CT molecular complexity index is 483. The van der Waals surface area contributed by atoms with E-state index in [1.54, 1.807) is 6.08 Å². The van der Waals surface area contributed by atoms with E-state index >= 15 is 0 Å². The first-order chi connectivity index (χ1) is 8.24. The van der Waals surface area contributed by atoms with E-state index in [4.69, 9.17) is 11.8 Å². The molecule has 0 aromatic heterocycles. The minimum atomic E-state index is 0.0232. The number of carbonyl (C=O) groups is 1. The van der Waals surface area contributed by atoms with Gasteiger partial charge in [0.2, 0.25) is 0 Å². The van der Waals surface area contributed by atoms with Crippen LogP contribution in [0, 0.1) is 29.7 Å². The minimum Gasteiger partial charge on any atom is -0.294 e. The van der Waals surface area contributed by atoms with E-state index in [1.165, 1.54) is 0 Å². The number of fused-ring (bicyclic) bond motifs is 1. The molecule has 2 aliphatic rings. The summed E-state index contributed by atoms with van der Waals surface area (Å²) in [4.78, 5) is 15.5. The molecule has 0 spiro atoms. The van der Waals surface area contributed by atoms with Crippen LogP contribution in [-0.4, -0.2) is 5.78 Å². The lowest BCUT2D eigenvalue weighted by molar-refractivity contribution is -0.119. The molecule has 2 fully saturated rings. The van der Waals surface area contributed by atoms with Crippen LogP contribution in [0.1, 0.15) is 32.6 Å². The van der Waals surface area contributed by atoms with Crippen molar-refractivity contribution in [3.05, 3.63) is 34.3 Å². The van der Waals surface area contributed by atoms with Crippen molar-refractivity contribution in [3.63, 3.8) is 0 Å². The normalized spacial score (nSPS) is 32.9. The molecule has 2 rings (SSSR count). The highest BCUT2D eigenvalue weighted by molar-refractivity contribution is 6.05. The Labute approximate surface area is 101 Å². The topological polar surface area (TPSA) is 45.2 Å². The van der Waals surface area contributed by atoms with Crippen LogP contribution in [-0.2, 0) is 4.79 Å². The predicted octanol–water partition coefficient (Wildman–Crippen LogP) is 3.02. The van der Waals surface area contributed by atoms with Gasteiger partial charge in [0.05, 0.1) is 12.6 Å². The summed E-state index contributed by atoms with van der Waals surface area (Å²) in [6, 6.07) is 1.94. The Balaban J connectivity index is 2.58. The van der Waals surface area contributed by atoms with Gasteiger partial charge in [-0.15, -0.1) is 0 Å². The quantitative estimate of drug-likeness (QED) is 0.362. The lowest BCUT2D eigenvalue weighted by Crippen LogP contribution is -2.19. The highest BCUT2D eigenvalue weighted by Gasteiger charge is 2.44. The molecule has 0 radical (unpaired) electrons. The zero-order valence-corrected chi connectivity index (χ0v) is 9.86. The largest absolute Gasteiger partial charge is 0.294 e. The van der Waals surface area contributed by atoms with Crippen LogP contribution in [0.15, 0.2) is 22.9 Å². The molecule has 2 saturated carbocycles. The number of hydrogen-bond acceptors (Lipinski definition) is 2. The number of allylic oxidation sites excluding steroid dienone is 4.